The van der Waals surface area contributed by atoms with Crippen molar-refractivity contribution in [3.8, 4) is 0 Å². The lowest BCUT2D eigenvalue weighted by Crippen LogP contribution is -2.36. The Morgan fingerprint density at radius 2 is 1.87 bits per heavy atom. The van der Waals surface area contributed by atoms with Crippen LogP contribution >= 0.6 is 0 Å². The highest BCUT2D eigenvalue weighted by atomic mass is 32.2. The summed E-state index contributed by atoms with van der Waals surface area (Å²) in [5, 5.41) is 3.43. The quantitative estimate of drug-likeness (QED) is 0.698. The predicted molar refractivity (Wildman–Crippen MR) is 65.9 cm³/mol. The molecule has 0 aliphatic rings. The van der Waals surface area contributed by atoms with E-state index in [1.807, 2.05) is 0 Å². The molecule has 0 saturated carbocycles. The third-order valence-corrected chi connectivity index (χ3v) is 3.76. The molecule has 0 aliphatic heterocycles. The maximum absolute atomic E-state index is 11.1. The summed E-state index contributed by atoms with van der Waals surface area (Å²) in [4.78, 5) is 0. The van der Waals surface area contributed by atoms with Crippen molar-refractivity contribution in [2.45, 2.75) is 46.1 Å². The zero-order chi connectivity index (χ0) is 11.9. The van der Waals surface area contributed by atoms with Crippen LogP contribution in [0, 0.1) is 5.92 Å². The Morgan fingerprint density at radius 1 is 1.27 bits per heavy atom. The highest BCUT2D eigenvalue weighted by molar-refractivity contribution is 7.90. The van der Waals surface area contributed by atoms with Crippen LogP contribution in [0.4, 0.5) is 0 Å². The van der Waals surface area contributed by atoms with E-state index in [1.165, 1.54) is 6.26 Å². The molecule has 0 rings (SSSR count). The van der Waals surface area contributed by atoms with Crippen molar-refractivity contribution in [1.82, 2.24) is 5.32 Å². The number of hydrogen-bond donors (Lipinski definition) is 1. The molecule has 92 valence electrons. The van der Waals surface area contributed by atoms with Crippen LogP contribution in [0.25, 0.3) is 0 Å². The fraction of sp³-hybridized carbons (Fsp3) is 1.00. The van der Waals surface area contributed by atoms with Crippen molar-refractivity contribution in [3.05, 3.63) is 0 Å². The van der Waals surface area contributed by atoms with E-state index in [-0.39, 0.29) is 0 Å². The summed E-state index contributed by atoms with van der Waals surface area (Å²) >= 11 is 0. The molecule has 15 heavy (non-hydrogen) atoms. The summed E-state index contributed by atoms with van der Waals surface area (Å²) in [6.45, 7) is 7.41. The van der Waals surface area contributed by atoms with Gasteiger partial charge in [-0.25, -0.2) is 8.42 Å². The smallest absolute Gasteiger partial charge is 0.147 e. The Morgan fingerprint density at radius 3 is 2.27 bits per heavy atom. The fourth-order valence-corrected chi connectivity index (χ4v) is 2.23. The molecule has 0 spiro atoms. The first kappa shape index (κ1) is 14.9. The summed E-state index contributed by atoms with van der Waals surface area (Å²) in [5.74, 6) is 0.830. The van der Waals surface area contributed by atoms with E-state index in [0.717, 1.165) is 25.8 Å². The molecule has 2 atom stereocenters. The SMILES string of the molecule is CCCNC(CCS(C)(=O)=O)C(C)CC. The lowest BCUT2D eigenvalue weighted by Gasteiger charge is -2.23. The molecule has 2 unspecified atom stereocenters. The maximum atomic E-state index is 11.1. The van der Waals surface area contributed by atoms with Crippen molar-refractivity contribution in [2.24, 2.45) is 5.92 Å². The maximum Gasteiger partial charge on any atom is 0.147 e. The first-order chi connectivity index (χ1) is 6.90. The number of rotatable bonds is 8. The van der Waals surface area contributed by atoms with Gasteiger partial charge in [0.1, 0.15) is 9.84 Å². The van der Waals surface area contributed by atoms with Gasteiger partial charge in [0.05, 0.1) is 5.75 Å². The Balaban J connectivity index is 4.12. The molecule has 3 nitrogen and oxygen atoms in total. The Labute approximate surface area is 94.6 Å². The lowest BCUT2D eigenvalue weighted by molar-refractivity contribution is 0.358. The predicted octanol–water partition coefficient (Wildman–Crippen LogP) is 1.84. The van der Waals surface area contributed by atoms with Crippen molar-refractivity contribution >= 4 is 9.84 Å². The fourth-order valence-electron chi connectivity index (χ4n) is 1.54. The molecule has 0 aliphatic carbocycles. The number of nitrogens with one attached hydrogen (secondary N) is 1. The van der Waals surface area contributed by atoms with E-state index in [4.69, 9.17) is 0 Å². The second kappa shape index (κ2) is 7.23. The Hall–Kier alpha value is -0.0900. The van der Waals surface area contributed by atoms with E-state index >= 15 is 0 Å². The molecule has 0 bridgehead atoms. The van der Waals surface area contributed by atoms with Gasteiger partial charge >= 0.3 is 0 Å². The van der Waals surface area contributed by atoms with E-state index in [9.17, 15) is 8.42 Å². The summed E-state index contributed by atoms with van der Waals surface area (Å²) in [7, 11) is -2.83. The van der Waals surface area contributed by atoms with E-state index < -0.39 is 9.84 Å². The molecule has 1 N–H and O–H groups in total. The molecule has 4 heteroatoms. The van der Waals surface area contributed by atoms with Crippen LogP contribution in [-0.2, 0) is 9.84 Å². The molecule has 0 radical (unpaired) electrons. The zero-order valence-electron chi connectivity index (χ0n) is 10.4. The molecule has 0 aromatic heterocycles. The third kappa shape index (κ3) is 7.79. The van der Waals surface area contributed by atoms with Crippen molar-refractivity contribution in [2.75, 3.05) is 18.6 Å². The molecule has 0 amide bonds. The van der Waals surface area contributed by atoms with Crippen molar-refractivity contribution in [3.63, 3.8) is 0 Å². The van der Waals surface area contributed by atoms with Gasteiger partial charge in [-0.2, -0.15) is 0 Å². The zero-order valence-corrected chi connectivity index (χ0v) is 11.2. The molecular formula is C11H25NO2S. The van der Waals surface area contributed by atoms with Gasteiger partial charge in [0.2, 0.25) is 0 Å². The second-order valence-corrected chi connectivity index (χ2v) is 6.62. The van der Waals surface area contributed by atoms with Crippen LogP contribution < -0.4 is 5.32 Å². The molecule has 0 aromatic rings. The van der Waals surface area contributed by atoms with E-state index in [1.54, 1.807) is 0 Å². The van der Waals surface area contributed by atoms with Crippen LogP contribution in [0.5, 0.6) is 0 Å². The van der Waals surface area contributed by atoms with Gasteiger partial charge in [-0.05, 0) is 25.3 Å². The first-order valence-corrected chi connectivity index (χ1v) is 7.87. The third-order valence-electron chi connectivity index (χ3n) is 2.79. The average Bonchev–Trinajstić information content (AvgIpc) is 2.15. The van der Waals surface area contributed by atoms with Gasteiger partial charge in [-0.15, -0.1) is 0 Å². The van der Waals surface area contributed by atoms with Gasteiger partial charge in [0.15, 0.2) is 0 Å². The van der Waals surface area contributed by atoms with Crippen LogP contribution in [0.1, 0.15) is 40.0 Å². The van der Waals surface area contributed by atoms with Crippen molar-refractivity contribution < 1.29 is 8.42 Å². The molecule has 0 aromatic carbocycles. The van der Waals surface area contributed by atoms with Gasteiger partial charge < -0.3 is 5.32 Å². The van der Waals surface area contributed by atoms with Gasteiger partial charge in [-0.3, -0.25) is 0 Å². The molecule has 0 heterocycles. The minimum absolute atomic E-state index is 0.290. The number of sulfone groups is 1. The molecule has 0 fully saturated rings. The first-order valence-electron chi connectivity index (χ1n) is 5.81. The minimum atomic E-state index is -2.83. The van der Waals surface area contributed by atoms with Gasteiger partial charge in [0, 0.05) is 12.3 Å². The van der Waals surface area contributed by atoms with E-state index in [2.05, 4.69) is 26.1 Å². The van der Waals surface area contributed by atoms with Crippen LogP contribution in [0.2, 0.25) is 0 Å². The normalized spacial score (nSPS) is 16.3. The lowest BCUT2D eigenvalue weighted by atomic mass is 9.97. The Bertz CT molecular complexity index is 249. The standard InChI is InChI=1S/C11H25NO2S/c1-5-8-12-11(10(3)6-2)7-9-15(4,13)14/h10-12H,5-9H2,1-4H3. The van der Waals surface area contributed by atoms with Crippen LogP contribution in [0.15, 0.2) is 0 Å². The topological polar surface area (TPSA) is 46.2 Å². The second-order valence-electron chi connectivity index (χ2n) is 4.36. The highest BCUT2D eigenvalue weighted by Gasteiger charge is 2.16. The summed E-state index contributed by atoms with van der Waals surface area (Å²) in [6, 6.07) is 0.338. The van der Waals surface area contributed by atoms with Crippen LogP contribution in [0.3, 0.4) is 0 Å². The summed E-state index contributed by atoms with van der Waals surface area (Å²) in [5.41, 5.74) is 0. The molecule has 0 saturated heterocycles. The average molecular weight is 235 g/mol. The molecular weight excluding hydrogens is 210 g/mol. The summed E-state index contributed by atoms with van der Waals surface area (Å²) < 4.78 is 22.2. The minimum Gasteiger partial charge on any atom is -0.314 e. The highest BCUT2D eigenvalue weighted by Crippen LogP contribution is 2.12. The monoisotopic (exact) mass is 235 g/mol. The van der Waals surface area contributed by atoms with Gasteiger partial charge in [0.25, 0.3) is 0 Å². The van der Waals surface area contributed by atoms with E-state index in [0.29, 0.717) is 17.7 Å². The number of hydrogen-bond acceptors (Lipinski definition) is 3. The van der Waals surface area contributed by atoms with Crippen LogP contribution in [-0.4, -0.2) is 33.0 Å². The van der Waals surface area contributed by atoms with Gasteiger partial charge in [-0.1, -0.05) is 27.2 Å². The largest absolute Gasteiger partial charge is 0.314 e. The van der Waals surface area contributed by atoms with Crippen molar-refractivity contribution in [1.29, 1.82) is 0 Å². The Kier molecular flexibility index (Phi) is 7.18. The summed E-state index contributed by atoms with van der Waals surface area (Å²) in [6.07, 6.45) is 4.21.